The second kappa shape index (κ2) is 6.43. The van der Waals surface area contributed by atoms with E-state index in [4.69, 9.17) is 13.4 Å². The molecule has 0 amide bonds. The molecule has 3 aromatic carbocycles. The van der Waals surface area contributed by atoms with Crippen LogP contribution >= 0.6 is 11.3 Å². The normalized spacial score (nSPS) is 20.0. The second-order valence-corrected chi connectivity index (χ2v) is 9.69. The van der Waals surface area contributed by atoms with Gasteiger partial charge in [0.15, 0.2) is 0 Å². The molecule has 0 unspecified atom stereocenters. The molecule has 2 heterocycles. The molecule has 1 saturated heterocycles. The highest BCUT2D eigenvalue weighted by Crippen LogP contribution is 2.41. The highest BCUT2D eigenvalue weighted by Gasteiger charge is 2.52. The van der Waals surface area contributed by atoms with Gasteiger partial charge < -0.3 is 9.31 Å². The van der Waals surface area contributed by atoms with Crippen molar-refractivity contribution in [1.82, 2.24) is 0 Å². The summed E-state index contributed by atoms with van der Waals surface area (Å²) in [5.41, 5.74) is 2.71. The summed E-state index contributed by atoms with van der Waals surface area (Å²) in [4.78, 5) is 0. The lowest BCUT2D eigenvalue weighted by Gasteiger charge is -2.32. The number of thiophene rings is 1. The molecule has 4 heteroatoms. The first-order valence-corrected chi connectivity index (χ1v) is 10.7. The molecule has 1 aliphatic heterocycles. The molecule has 0 radical (unpaired) electrons. The maximum atomic E-state index is 7.63. The van der Waals surface area contributed by atoms with E-state index < -0.39 is 25.2 Å². The minimum atomic E-state index is -2.10. The minimum Gasteiger partial charge on any atom is -0.399 e. The molecule has 146 valence electrons. The summed E-state index contributed by atoms with van der Waals surface area (Å²) in [5.74, 6) is 0. The Morgan fingerprint density at radius 2 is 1.41 bits per heavy atom. The van der Waals surface area contributed by atoms with E-state index in [1.165, 1.54) is 15.5 Å². The van der Waals surface area contributed by atoms with Gasteiger partial charge in [-0.1, -0.05) is 66.2 Å². The largest absolute Gasteiger partial charge is 0.496 e. The predicted octanol–water partition coefficient (Wildman–Crippen LogP) is 6.33. The molecule has 0 saturated carbocycles. The van der Waals surface area contributed by atoms with Crippen LogP contribution in [0.25, 0.3) is 31.3 Å². The molecule has 0 aliphatic carbocycles. The van der Waals surface area contributed by atoms with E-state index in [2.05, 4.69) is 64.1 Å². The first kappa shape index (κ1) is 15.7. The van der Waals surface area contributed by atoms with Crippen LogP contribution in [0.4, 0.5) is 0 Å². The molecule has 29 heavy (non-hydrogen) atoms. The highest BCUT2D eigenvalue weighted by molar-refractivity contribution is 7.27. The average Bonchev–Trinajstić information content (AvgIpc) is 3.21. The van der Waals surface area contributed by atoms with E-state index in [0.29, 0.717) is 5.56 Å². The summed E-state index contributed by atoms with van der Waals surface area (Å²) in [5, 5.41) is 2.36. The topological polar surface area (TPSA) is 18.5 Å². The van der Waals surface area contributed by atoms with Gasteiger partial charge in [0.1, 0.15) is 0 Å². The summed E-state index contributed by atoms with van der Waals surface area (Å²) in [6.07, 6.45) is 0. The average molecular weight is 403 g/mol. The lowest BCUT2D eigenvalue weighted by Crippen LogP contribution is -2.41. The third-order valence-corrected chi connectivity index (χ3v) is 7.56. The fraction of sp³-hybridized carbons (Fsp3) is 0.280. The van der Waals surface area contributed by atoms with E-state index >= 15 is 0 Å². The van der Waals surface area contributed by atoms with Crippen molar-refractivity contribution in [2.45, 2.75) is 45.7 Å². The van der Waals surface area contributed by atoms with E-state index in [1.807, 2.05) is 12.1 Å². The van der Waals surface area contributed by atoms with Crippen molar-refractivity contribution in [3.05, 3.63) is 66.2 Å². The van der Waals surface area contributed by atoms with Crippen molar-refractivity contribution < 1.29 is 13.4 Å². The summed E-state index contributed by atoms with van der Waals surface area (Å²) in [7, 11) is -0.418. The third-order valence-electron chi connectivity index (χ3n) is 6.26. The van der Waals surface area contributed by atoms with Crippen molar-refractivity contribution in [1.29, 1.82) is 0 Å². The van der Waals surface area contributed by atoms with Crippen molar-refractivity contribution >= 4 is 44.1 Å². The Morgan fingerprint density at radius 1 is 0.793 bits per heavy atom. The lowest BCUT2D eigenvalue weighted by molar-refractivity contribution is 0.00578. The summed E-state index contributed by atoms with van der Waals surface area (Å²) < 4.78 is 37.9. The van der Waals surface area contributed by atoms with Crippen molar-refractivity contribution in [3.8, 4) is 11.1 Å². The number of hydrogen-bond donors (Lipinski definition) is 0. The standard InChI is InChI=1S/C25H25BO2S/c1-16-12-14-17(15-13-16)18-8-6-9-19-20-10-7-11-21(23(20)29-22(18)19)26-27-24(2,3)25(4,5)28-26/h6-15H,1-5H3/i1D3. The zero-order valence-corrected chi connectivity index (χ0v) is 17.9. The van der Waals surface area contributed by atoms with Gasteiger partial charge in [-0.25, -0.2) is 0 Å². The van der Waals surface area contributed by atoms with Crippen LogP contribution in [-0.2, 0) is 9.31 Å². The fourth-order valence-electron chi connectivity index (χ4n) is 3.87. The Bertz CT molecular complexity index is 1310. The van der Waals surface area contributed by atoms with Gasteiger partial charge >= 0.3 is 7.12 Å². The van der Waals surface area contributed by atoms with Crippen LogP contribution in [0.15, 0.2) is 60.7 Å². The van der Waals surface area contributed by atoms with Crippen LogP contribution in [-0.4, -0.2) is 18.3 Å². The molecule has 4 aromatic rings. The highest BCUT2D eigenvalue weighted by atomic mass is 32.1. The molecule has 5 rings (SSSR count). The Balaban J connectivity index is 1.65. The molecular formula is C25H25BO2S. The zero-order chi connectivity index (χ0) is 22.9. The Hall–Kier alpha value is -2.14. The molecule has 2 nitrogen and oxygen atoms in total. The van der Waals surface area contributed by atoms with Crippen LogP contribution in [0.1, 0.15) is 37.4 Å². The monoisotopic (exact) mass is 403 g/mol. The van der Waals surface area contributed by atoms with Crippen molar-refractivity contribution in [2.75, 3.05) is 0 Å². The maximum Gasteiger partial charge on any atom is 0.496 e. The number of fused-ring (bicyclic) bond motifs is 3. The van der Waals surface area contributed by atoms with E-state index in [1.54, 1.807) is 23.5 Å². The van der Waals surface area contributed by atoms with Gasteiger partial charge in [-0.05, 0) is 51.1 Å². The molecule has 1 aliphatic rings. The maximum absolute atomic E-state index is 7.63. The smallest absolute Gasteiger partial charge is 0.399 e. The minimum absolute atomic E-state index is 0.354. The molecule has 0 atom stereocenters. The van der Waals surface area contributed by atoms with Crippen molar-refractivity contribution in [2.24, 2.45) is 0 Å². The van der Waals surface area contributed by atoms with Crippen molar-refractivity contribution in [3.63, 3.8) is 0 Å². The van der Waals surface area contributed by atoms with Gasteiger partial charge in [0.2, 0.25) is 0 Å². The summed E-state index contributed by atoms with van der Waals surface area (Å²) in [6, 6.07) is 19.8. The summed E-state index contributed by atoms with van der Waals surface area (Å²) >= 11 is 1.74. The Kier molecular flexibility index (Phi) is 3.48. The van der Waals surface area contributed by atoms with Crippen LogP contribution in [0.3, 0.4) is 0 Å². The van der Waals surface area contributed by atoms with E-state index in [9.17, 15) is 0 Å². The van der Waals surface area contributed by atoms with E-state index in [-0.39, 0.29) is 0 Å². The van der Waals surface area contributed by atoms with Gasteiger partial charge in [0.05, 0.1) is 11.2 Å². The zero-order valence-electron chi connectivity index (χ0n) is 20.1. The molecular weight excluding hydrogens is 375 g/mol. The van der Waals surface area contributed by atoms with Gasteiger partial charge in [-0.15, -0.1) is 11.3 Å². The number of aryl methyl sites for hydroxylation is 1. The van der Waals surface area contributed by atoms with E-state index in [0.717, 1.165) is 21.3 Å². The van der Waals surface area contributed by atoms with Crippen LogP contribution in [0, 0.1) is 6.85 Å². The van der Waals surface area contributed by atoms with Gasteiger partial charge in [-0.2, -0.15) is 0 Å². The quantitative estimate of drug-likeness (QED) is 0.364. The van der Waals surface area contributed by atoms with Crippen LogP contribution < -0.4 is 5.46 Å². The van der Waals surface area contributed by atoms with Crippen LogP contribution in [0.2, 0.25) is 0 Å². The third kappa shape index (κ3) is 2.93. The first-order valence-electron chi connectivity index (χ1n) is 11.4. The Morgan fingerprint density at radius 3 is 2.07 bits per heavy atom. The molecule has 1 fully saturated rings. The number of benzene rings is 3. The van der Waals surface area contributed by atoms with Crippen LogP contribution in [0.5, 0.6) is 0 Å². The SMILES string of the molecule is [2H]C([2H])([2H])c1ccc(-c2cccc3c2sc2c(B4OC(C)(C)C(C)(C)O4)cccc23)cc1. The number of rotatable bonds is 2. The predicted molar refractivity (Wildman–Crippen MR) is 125 cm³/mol. The molecule has 0 spiro atoms. The fourth-order valence-corrected chi connectivity index (χ4v) is 5.23. The molecule has 0 bridgehead atoms. The number of hydrogen-bond acceptors (Lipinski definition) is 3. The summed E-state index contributed by atoms with van der Waals surface area (Å²) in [6.45, 7) is 6.18. The lowest BCUT2D eigenvalue weighted by atomic mass is 9.78. The first-order chi connectivity index (χ1) is 15.0. The van der Waals surface area contributed by atoms with Gasteiger partial charge in [0, 0.05) is 24.4 Å². The second-order valence-electron chi connectivity index (χ2n) is 8.67. The molecule has 1 aromatic heterocycles. The molecule has 0 N–H and O–H groups in total. The van der Waals surface area contributed by atoms with Gasteiger partial charge in [0.25, 0.3) is 0 Å². The Labute approximate surface area is 180 Å². The van der Waals surface area contributed by atoms with Gasteiger partial charge in [-0.3, -0.25) is 0 Å².